The number of rotatable bonds is 4. The predicted octanol–water partition coefficient (Wildman–Crippen LogP) is 2.08. The molecule has 0 aliphatic rings. The number of hydrogen-bond acceptors (Lipinski definition) is 2. The molecule has 0 aliphatic heterocycles. The van der Waals surface area contributed by atoms with Gasteiger partial charge in [0.05, 0.1) is 0 Å². The molecule has 0 spiro atoms. The molecule has 1 aromatic rings. The van der Waals surface area contributed by atoms with Crippen molar-refractivity contribution in [3.05, 3.63) is 34.9 Å². The molecule has 4 N–H and O–H groups in total. The molecule has 1 atom stereocenters. The second-order valence-electron chi connectivity index (χ2n) is 3.09. The van der Waals surface area contributed by atoms with Crippen molar-refractivity contribution in [1.29, 1.82) is 0 Å². The summed E-state index contributed by atoms with van der Waals surface area (Å²) >= 11 is 5.84. The van der Waals surface area contributed by atoms with Gasteiger partial charge in [0.1, 0.15) is 0 Å². The van der Waals surface area contributed by atoms with Crippen molar-refractivity contribution < 1.29 is 0 Å². The third-order valence-electron chi connectivity index (χ3n) is 2.00. The van der Waals surface area contributed by atoms with Gasteiger partial charge in [-0.2, -0.15) is 0 Å². The average Bonchev–Trinajstić information content (AvgIpc) is 2.14. The largest absolute Gasteiger partial charge is 0.330 e. The molecule has 0 aliphatic carbocycles. The summed E-state index contributed by atoms with van der Waals surface area (Å²) in [5.74, 6) is 0. The lowest BCUT2D eigenvalue weighted by molar-refractivity contribution is 0.618. The van der Waals surface area contributed by atoms with Gasteiger partial charge in [0, 0.05) is 11.1 Å². The zero-order valence-electron chi connectivity index (χ0n) is 7.54. The minimum absolute atomic E-state index is 0.0576. The molecule has 0 unspecified atom stereocenters. The van der Waals surface area contributed by atoms with Crippen LogP contribution in [0, 0.1) is 0 Å². The lowest BCUT2D eigenvalue weighted by Gasteiger charge is -2.11. The summed E-state index contributed by atoms with van der Waals surface area (Å²) in [6, 6.07) is 7.72. The number of benzene rings is 1. The minimum Gasteiger partial charge on any atom is -0.330 e. The highest BCUT2D eigenvalue weighted by atomic mass is 35.5. The van der Waals surface area contributed by atoms with Crippen LogP contribution in [0.1, 0.15) is 24.4 Å². The zero-order chi connectivity index (χ0) is 9.68. The normalized spacial score (nSPS) is 12.8. The highest BCUT2D eigenvalue weighted by Gasteiger charge is 2.04. The van der Waals surface area contributed by atoms with Crippen molar-refractivity contribution in [3.8, 4) is 0 Å². The van der Waals surface area contributed by atoms with Crippen molar-refractivity contribution >= 4 is 11.6 Å². The van der Waals surface area contributed by atoms with E-state index in [-0.39, 0.29) is 6.04 Å². The van der Waals surface area contributed by atoms with Crippen LogP contribution in [0.5, 0.6) is 0 Å². The smallest absolute Gasteiger partial charge is 0.0409 e. The Morgan fingerprint density at radius 2 is 2.15 bits per heavy atom. The van der Waals surface area contributed by atoms with E-state index < -0.39 is 0 Å². The van der Waals surface area contributed by atoms with Crippen LogP contribution in [-0.2, 0) is 0 Å². The first-order chi connectivity index (χ1) is 6.24. The fourth-order valence-corrected chi connectivity index (χ4v) is 1.44. The predicted molar refractivity (Wildman–Crippen MR) is 56.7 cm³/mol. The number of hydrogen-bond donors (Lipinski definition) is 2. The second-order valence-corrected chi connectivity index (χ2v) is 3.53. The molecular weight excluding hydrogens is 184 g/mol. The first kappa shape index (κ1) is 10.5. The van der Waals surface area contributed by atoms with Crippen LogP contribution >= 0.6 is 11.6 Å². The lowest BCUT2D eigenvalue weighted by atomic mass is 10.0. The van der Waals surface area contributed by atoms with Crippen LogP contribution in [-0.4, -0.2) is 6.54 Å². The highest BCUT2D eigenvalue weighted by Crippen LogP contribution is 2.18. The molecule has 0 fully saturated rings. The molecule has 2 nitrogen and oxygen atoms in total. The maximum absolute atomic E-state index is 5.94. The third-order valence-corrected chi connectivity index (χ3v) is 2.23. The Morgan fingerprint density at radius 1 is 1.38 bits per heavy atom. The quantitative estimate of drug-likeness (QED) is 0.779. The number of halogens is 1. The van der Waals surface area contributed by atoms with Crippen LogP contribution in [0.2, 0.25) is 5.02 Å². The summed E-state index contributed by atoms with van der Waals surface area (Å²) in [7, 11) is 0. The maximum atomic E-state index is 5.94. The van der Waals surface area contributed by atoms with Gasteiger partial charge in [0.25, 0.3) is 0 Å². The van der Waals surface area contributed by atoms with Gasteiger partial charge in [-0.25, -0.2) is 0 Å². The van der Waals surface area contributed by atoms with E-state index in [1.54, 1.807) is 0 Å². The Balaban J connectivity index is 2.60. The van der Waals surface area contributed by atoms with E-state index in [1.165, 1.54) is 0 Å². The van der Waals surface area contributed by atoms with Crippen LogP contribution in [0.4, 0.5) is 0 Å². The molecule has 0 saturated heterocycles. The van der Waals surface area contributed by atoms with Gasteiger partial charge >= 0.3 is 0 Å². The molecule has 0 radical (unpaired) electrons. The Morgan fingerprint density at radius 3 is 2.77 bits per heavy atom. The highest BCUT2D eigenvalue weighted by molar-refractivity contribution is 6.30. The molecule has 0 aromatic heterocycles. The van der Waals surface area contributed by atoms with E-state index in [4.69, 9.17) is 23.1 Å². The Kier molecular flexibility index (Phi) is 4.22. The molecule has 1 aromatic carbocycles. The van der Waals surface area contributed by atoms with Gasteiger partial charge < -0.3 is 11.5 Å². The Hall–Kier alpha value is -0.570. The topological polar surface area (TPSA) is 52.0 Å². The molecule has 72 valence electrons. The van der Waals surface area contributed by atoms with E-state index in [2.05, 4.69) is 0 Å². The maximum Gasteiger partial charge on any atom is 0.0409 e. The van der Waals surface area contributed by atoms with Gasteiger partial charge in [-0.1, -0.05) is 23.7 Å². The van der Waals surface area contributed by atoms with Crippen LogP contribution in [0.3, 0.4) is 0 Å². The van der Waals surface area contributed by atoms with Gasteiger partial charge in [0.2, 0.25) is 0 Å². The fourth-order valence-electron chi connectivity index (χ4n) is 1.24. The van der Waals surface area contributed by atoms with Crippen LogP contribution < -0.4 is 11.5 Å². The van der Waals surface area contributed by atoms with Crippen molar-refractivity contribution in [3.63, 3.8) is 0 Å². The van der Waals surface area contributed by atoms with Gasteiger partial charge in [-0.3, -0.25) is 0 Å². The van der Waals surface area contributed by atoms with Crippen molar-refractivity contribution in [2.45, 2.75) is 18.9 Å². The first-order valence-electron chi connectivity index (χ1n) is 4.45. The summed E-state index contributed by atoms with van der Waals surface area (Å²) in [6.45, 7) is 0.689. The summed E-state index contributed by atoms with van der Waals surface area (Å²) in [4.78, 5) is 0. The first-order valence-corrected chi connectivity index (χ1v) is 4.83. The molecule has 3 heteroatoms. The van der Waals surface area contributed by atoms with Gasteiger partial charge in [-0.05, 0) is 37.1 Å². The van der Waals surface area contributed by atoms with Crippen molar-refractivity contribution in [2.75, 3.05) is 6.54 Å². The molecule has 0 saturated carbocycles. The van der Waals surface area contributed by atoms with Gasteiger partial charge in [-0.15, -0.1) is 0 Å². The Bertz CT molecular complexity index is 263. The van der Waals surface area contributed by atoms with E-state index in [1.807, 2.05) is 24.3 Å². The van der Waals surface area contributed by atoms with E-state index >= 15 is 0 Å². The molecule has 0 heterocycles. The van der Waals surface area contributed by atoms with Crippen LogP contribution in [0.15, 0.2) is 24.3 Å². The lowest BCUT2D eigenvalue weighted by Crippen LogP contribution is -2.12. The van der Waals surface area contributed by atoms with Crippen LogP contribution in [0.25, 0.3) is 0 Å². The molecule has 13 heavy (non-hydrogen) atoms. The van der Waals surface area contributed by atoms with E-state index in [0.29, 0.717) is 6.54 Å². The molecule has 0 bridgehead atoms. The SMILES string of the molecule is NCCC[C@@H](N)c1cccc(Cl)c1. The zero-order valence-corrected chi connectivity index (χ0v) is 8.30. The summed E-state index contributed by atoms with van der Waals surface area (Å²) in [6.07, 6.45) is 1.87. The van der Waals surface area contributed by atoms with Gasteiger partial charge in [0.15, 0.2) is 0 Å². The van der Waals surface area contributed by atoms with Crippen molar-refractivity contribution in [1.82, 2.24) is 0 Å². The standard InChI is InChI=1S/C10H15ClN2/c11-9-4-1-3-8(7-9)10(13)5-2-6-12/h1,3-4,7,10H,2,5-6,12-13H2/t10-/m1/s1. The summed E-state index contributed by atoms with van der Waals surface area (Å²) < 4.78 is 0. The number of nitrogens with two attached hydrogens (primary N) is 2. The average molecular weight is 199 g/mol. The minimum atomic E-state index is 0.0576. The van der Waals surface area contributed by atoms with Crippen molar-refractivity contribution in [2.24, 2.45) is 11.5 Å². The summed E-state index contributed by atoms with van der Waals surface area (Å²) in [5.41, 5.74) is 12.4. The Labute approximate surface area is 83.9 Å². The molecular formula is C10H15ClN2. The van der Waals surface area contributed by atoms with E-state index in [0.717, 1.165) is 23.4 Å². The monoisotopic (exact) mass is 198 g/mol. The summed E-state index contributed by atoms with van der Waals surface area (Å²) in [5, 5.41) is 0.737. The van der Waals surface area contributed by atoms with E-state index in [9.17, 15) is 0 Å². The third kappa shape index (κ3) is 3.35. The molecule has 0 amide bonds. The molecule has 1 rings (SSSR count). The fraction of sp³-hybridized carbons (Fsp3) is 0.400. The second kappa shape index (κ2) is 5.22.